The number of alkyl carbamates (subject to hydrolysis) is 1. The number of piperidine rings is 1. The summed E-state index contributed by atoms with van der Waals surface area (Å²) in [6.45, 7) is 7.53. The zero-order valence-corrected chi connectivity index (χ0v) is 29.3. The molecule has 2 aromatic carbocycles. The first kappa shape index (κ1) is 32.9. The molecule has 1 atom stereocenters. The van der Waals surface area contributed by atoms with Crippen LogP contribution in [0.1, 0.15) is 56.3 Å². The lowest BCUT2D eigenvalue weighted by Crippen LogP contribution is -2.48. The molecule has 49 heavy (non-hydrogen) atoms. The van der Waals surface area contributed by atoms with Gasteiger partial charge in [0.2, 0.25) is 0 Å². The molecule has 254 valence electrons. The number of halogens is 2. The van der Waals surface area contributed by atoms with Crippen molar-refractivity contribution in [2.24, 2.45) is 5.41 Å². The number of aromatic nitrogens is 5. The number of hydrogen-bond donors (Lipinski definition) is 1. The van der Waals surface area contributed by atoms with Crippen molar-refractivity contribution in [2.75, 3.05) is 25.1 Å². The van der Waals surface area contributed by atoms with Crippen LogP contribution in [-0.4, -0.2) is 56.6 Å². The number of hydrogen-bond acceptors (Lipinski definition) is 9. The van der Waals surface area contributed by atoms with Crippen molar-refractivity contribution in [2.45, 2.75) is 58.2 Å². The first-order chi connectivity index (χ1) is 23.5. The molecule has 0 radical (unpaired) electrons. The van der Waals surface area contributed by atoms with Gasteiger partial charge in [-0.1, -0.05) is 59.6 Å². The molecule has 2 aliphatic rings. The van der Waals surface area contributed by atoms with Gasteiger partial charge >= 0.3 is 6.09 Å². The van der Waals surface area contributed by atoms with Crippen molar-refractivity contribution < 1.29 is 19.0 Å². The Kier molecular flexibility index (Phi) is 8.74. The zero-order valence-electron chi connectivity index (χ0n) is 27.7. The molecule has 7 rings (SSSR count). The van der Waals surface area contributed by atoms with Crippen LogP contribution in [0.4, 0.5) is 10.6 Å². The molecule has 1 aliphatic heterocycles. The van der Waals surface area contributed by atoms with Gasteiger partial charge in [-0.15, -0.1) is 5.10 Å². The maximum atomic E-state index is 13.0. The minimum Gasteiger partial charge on any atom is -0.497 e. The van der Waals surface area contributed by atoms with Gasteiger partial charge in [0.25, 0.3) is 5.88 Å². The molecule has 1 spiro atoms. The number of rotatable bonds is 7. The van der Waals surface area contributed by atoms with Crippen molar-refractivity contribution in [1.29, 1.82) is 0 Å². The fraction of sp³-hybridized carbons (Fsp3) is 0.361. The summed E-state index contributed by atoms with van der Waals surface area (Å²) in [4.78, 5) is 29.2. The van der Waals surface area contributed by atoms with Crippen molar-refractivity contribution in [1.82, 2.24) is 30.0 Å². The van der Waals surface area contributed by atoms with E-state index < -0.39 is 11.7 Å². The summed E-state index contributed by atoms with van der Waals surface area (Å²) in [6.07, 6.45) is 5.47. The summed E-state index contributed by atoms with van der Waals surface area (Å²) in [7, 11) is 1.64. The molecule has 5 aromatic rings. The fourth-order valence-electron chi connectivity index (χ4n) is 6.82. The van der Waals surface area contributed by atoms with Crippen LogP contribution in [0.5, 0.6) is 17.4 Å². The van der Waals surface area contributed by atoms with Gasteiger partial charge in [0.05, 0.1) is 25.9 Å². The molecular weight excluding hydrogens is 665 g/mol. The van der Waals surface area contributed by atoms with Crippen molar-refractivity contribution in [3.8, 4) is 17.4 Å². The van der Waals surface area contributed by atoms with E-state index in [1.54, 1.807) is 24.1 Å². The van der Waals surface area contributed by atoms with Gasteiger partial charge in [-0.05, 0) is 68.9 Å². The maximum absolute atomic E-state index is 13.0. The highest BCUT2D eigenvalue weighted by Crippen LogP contribution is 2.52. The number of ether oxygens (including phenoxy) is 3. The SMILES string of the molecule is COc1ccc(Cn2nc(Oc3ccnc(Cl)c3Cl)c3ncc(N4CCC5(CC4)Cc4ccccc4C5NC(=O)OC(C)(C)C)nc32)cc1. The van der Waals surface area contributed by atoms with E-state index in [4.69, 9.17) is 52.5 Å². The Morgan fingerprint density at radius 1 is 1.04 bits per heavy atom. The van der Waals surface area contributed by atoms with Crippen LogP contribution in [0.2, 0.25) is 10.2 Å². The molecule has 0 saturated carbocycles. The second kappa shape index (κ2) is 13.0. The Hall–Kier alpha value is -4.61. The third kappa shape index (κ3) is 6.69. The molecule has 1 N–H and O–H groups in total. The van der Waals surface area contributed by atoms with E-state index in [2.05, 4.69) is 33.4 Å². The Bertz CT molecular complexity index is 2000. The van der Waals surface area contributed by atoms with Crippen LogP contribution in [0.25, 0.3) is 11.2 Å². The largest absolute Gasteiger partial charge is 0.497 e. The molecule has 0 bridgehead atoms. The van der Waals surface area contributed by atoms with Gasteiger partial charge in [0, 0.05) is 30.8 Å². The van der Waals surface area contributed by atoms with E-state index in [0.717, 1.165) is 55.0 Å². The number of benzene rings is 2. The van der Waals surface area contributed by atoms with E-state index in [-0.39, 0.29) is 27.5 Å². The molecule has 1 unspecified atom stereocenters. The number of methoxy groups -OCH3 is 1. The smallest absolute Gasteiger partial charge is 0.408 e. The van der Waals surface area contributed by atoms with Gasteiger partial charge in [-0.3, -0.25) is 0 Å². The molecule has 4 heterocycles. The lowest BCUT2D eigenvalue weighted by Gasteiger charge is -2.43. The van der Waals surface area contributed by atoms with E-state index in [1.165, 1.54) is 11.8 Å². The van der Waals surface area contributed by atoms with Crippen LogP contribution >= 0.6 is 23.2 Å². The Balaban J connectivity index is 1.17. The number of amides is 1. The Morgan fingerprint density at radius 3 is 2.53 bits per heavy atom. The average Bonchev–Trinajstić information content (AvgIpc) is 3.56. The zero-order chi connectivity index (χ0) is 34.3. The average molecular weight is 703 g/mol. The molecule has 11 nitrogen and oxygen atoms in total. The summed E-state index contributed by atoms with van der Waals surface area (Å²) in [6, 6.07) is 17.6. The van der Waals surface area contributed by atoms with Gasteiger partial charge in [-0.25, -0.2) is 24.4 Å². The first-order valence-corrected chi connectivity index (χ1v) is 16.9. The van der Waals surface area contributed by atoms with E-state index in [1.807, 2.05) is 51.1 Å². The second-order valence-electron chi connectivity index (χ2n) is 13.5. The van der Waals surface area contributed by atoms with Crippen LogP contribution in [-0.2, 0) is 17.7 Å². The monoisotopic (exact) mass is 701 g/mol. The highest BCUT2D eigenvalue weighted by Gasteiger charge is 2.48. The summed E-state index contributed by atoms with van der Waals surface area (Å²) >= 11 is 12.5. The van der Waals surface area contributed by atoms with Crippen molar-refractivity contribution in [3.63, 3.8) is 0 Å². The van der Waals surface area contributed by atoms with Gasteiger partial charge in [0.1, 0.15) is 22.2 Å². The fourth-order valence-corrected chi connectivity index (χ4v) is 7.12. The topological polar surface area (TPSA) is 117 Å². The van der Waals surface area contributed by atoms with E-state index in [9.17, 15) is 4.79 Å². The summed E-state index contributed by atoms with van der Waals surface area (Å²) in [5.41, 5.74) is 3.76. The van der Waals surface area contributed by atoms with Crippen molar-refractivity contribution >= 4 is 46.3 Å². The molecule has 1 fully saturated rings. The first-order valence-electron chi connectivity index (χ1n) is 16.2. The number of nitrogens with zero attached hydrogens (tertiary/aromatic N) is 6. The number of nitrogens with one attached hydrogen (secondary N) is 1. The number of carbonyl (C=O) groups is 1. The molecule has 13 heteroatoms. The second-order valence-corrected chi connectivity index (χ2v) is 14.3. The third-order valence-electron chi connectivity index (χ3n) is 9.17. The number of anilines is 1. The number of carbonyl (C=O) groups excluding carboxylic acids is 1. The van der Waals surface area contributed by atoms with Gasteiger partial charge in [0.15, 0.2) is 22.1 Å². The molecule has 3 aromatic heterocycles. The number of fused-ring (bicyclic) bond motifs is 2. The predicted molar refractivity (Wildman–Crippen MR) is 188 cm³/mol. The molecule has 1 amide bonds. The third-order valence-corrected chi connectivity index (χ3v) is 9.92. The Labute approximate surface area is 294 Å². The normalized spacial score (nSPS) is 16.9. The maximum Gasteiger partial charge on any atom is 0.408 e. The summed E-state index contributed by atoms with van der Waals surface area (Å²) in [5.74, 6) is 2.07. The van der Waals surface area contributed by atoms with Gasteiger partial charge in [-0.2, -0.15) is 0 Å². The predicted octanol–water partition coefficient (Wildman–Crippen LogP) is 7.79. The highest BCUT2D eigenvalue weighted by atomic mass is 35.5. The molecular formula is C36H37Cl2N7O4. The van der Waals surface area contributed by atoms with Crippen LogP contribution in [0, 0.1) is 5.41 Å². The quantitative estimate of drug-likeness (QED) is 0.170. The van der Waals surface area contributed by atoms with E-state index >= 15 is 0 Å². The summed E-state index contributed by atoms with van der Waals surface area (Å²) < 4.78 is 18.9. The van der Waals surface area contributed by atoms with E-state index in [0.29, 0.717) is 23.5 Å². The van der Waals surface area contributed by atoms with Crippen LogP contribution in [0.3, 0.4) is 0 Å². The number of pyridine rings is 1. The van der Waals surface area contributed by atoms with Crippen LogP contribution in [0.15, 0.2) is 67.0 Å². The van der Waals surface area contributed by atoms with Crippen LogP contribution < -0.4 is 19.7 Å². The molecule has 1 saturated heterocycles. The lowest BCUT2D eigenvalue weighted by atomic mass is 9.72. The minimum absolute atomic E-state index is 0.131. The highest BCUT2D eigenvalue weighted by molar-refractivity contribution is 6.42. The summed E-state index contributed by atoms with van der Waals surface area (Å²) in [5, 5.41) is 8.32. The minimum atomic E-state index is -0.585. The lowest BCUT2D eigenvalue weighted by molar-refractivity contribution is 0.0428. The standard InChI is InChI=1S/C36H37Cl2N7O4/c1-35(2,3)49-34(46)42-30-25-8-6-5-7-23(25)19-36(30)14-17-44(18-15-36)27-20-40-29-32(41-27)45(21-22-9-11-24(47-4)12-10-22)43-33(29)48-26-13-16-39-31(38)28(26)37/h5-13,16,20,30H,14-15,17-19,21H2,1-4H3,(H,42,46). The van der Waals surface area contributed by atoms with Gasteiger partial charge < -0.3 is 24.4 Å². The molecule has 1 aliphatic carbocycles. The van der Waals surface area contributed by atoms with Crippen molar-refractivity contribution in [3.05, 3.63) is 93.9 Å². The Morgan fingerprint density at radius 2 is 1.80 bits per heavy atom.